The molecule has 1 heterocycles. The van der Waals surface area contributed by atoms with Crippen molar-refractivity contribution in [3.8, 4) is 0 Å². The number of aliphatic hydroxyl groups excluding tert-OH is 1. The highest BCUT2D eigenvalue weighted by molar-refractivity contribution is 4.92. The van der Waals surface area contributed by atoms with Gasteiger partial charge in [0.2, 0.25) is 0 Å². The molecule has 3 unspecified atom stereocenters. The Morgan fingerprint density at radius 3 is 2.47 bits per heavy atom. The predicted octanol–water partition coefficient (Wildman–Crippen LogP) is 2.27. The quantitative estimate of drug-likeness (QED) is 0.719. The van der Waals surface area contributed by atoms with Crippen LogP contribution < -0.4 is 0 Å². The zero-order valence-corrected chi connectivity index (χ0v) is 10.3. The van der Waals surface area contributed by atoms with Crippen LogP contribution >= 0.6 is 0 Å². The second kappa shape index (κ2) is 4.42. The Balaban J connectivity index is 2.05. The van der Waals surface area contributed by atoms with Gasteiger partial charge in [-0.15, -0.1) is 0 Å². The Kier molecular flexibility index (Phi) is 3.36. The fourth-order valence-corrected chi connectivity index (χ4v) is 3.50. The van der Waals surface area contributed by atoms with E-state index in [-0.39, 0.29) is 6.10 Å². The summed E-state index contributed by atoms with van der Waals surface area (Å²) in [5.41, 5.74) is 0. The average molecular weight is 211 g/mol. The number of piperidine rings is 1. The molecule has 2 nitrogen and oxygen atoms in total. The minimum atomic E-state index is -0.0649. The second-order valence-corrected chi connectivity index (χ2v) is 5.82. The summed E-state index contributed by atoms with van der Waals surface area (Å²) in [7, 11) is 0. The molecule has 2 heteroatoms. The molecule has 88 valence electrons. The second-order valence-electron chi connectivity index (χ2n) is 5.82. The molecule has 2 rings (SSSR count). The summed E-state index contributed by atoms with van der Waals surface area (Å²) in [6, 6.07) is 1.10. The molecule has 0 aromatic rings. The van der Waals surface area contributed by atoms with Gasteiger partial charge < -0.3 is 5.11 Å². The minimum Gasteiger partial charge on any atom is -0.391 e. The normalized spacial score (nSPS) is 48.4. The monoisotopic (exact) mass is 211 g/mol. The lowest BCUT2D eigenvalue weighted by Crippen LogP contribution is -2.53. The van der Waals surface area contributed by atoms with Crippen molar-refractivity contribution in [2.75, 3.05) is 6.54 Å². The van der Waals surface area contributed by atoms with E-state index in [1.165, 1.54) is 25.8 Å². The van der Waals surface area contributed by atoms with E-state index in [1.54, 1.807) is 0 Å². The topological polar surface area (TPSA) is 23.5 Å². The number of hydrogen-bond donors (Lipinski definition) is 1. The highest BCUT2D eigenvalue weighted by Gasteiger charge is 2.38. The van der Waals surface area contributed by atoms with E-state index in [1.807, 2.05) is 0 Å². The summed E-state index contributed by atoms with van der Waals surface area (Å²) < 4.78 is 0. The van der Waals surface area contributed by atoms with Crippen LogP contribution in [0.15, 0.2) is 0 Å². The number of nitrogens with zero attached hydrogens (tertiary/aromatic N) is 1. The highest BCUT2D eigenvalue weighted by Crippen LogP contribution is 2.33. The first-order valence-corrected chi connectivity index (χ1v) is 6.53. The molecule has 5 atom stereocenters. The zero-order valence-electron chi connectivity index (χ0n) is 10.3. The molecule has 2 fully saturated rings. The van der Waals surface area contributed by atoms with Crippen molar-refractivity contribution < 1.29 is 5.11 Å². The summed E-state index contributed by atoms with van der Waals surface area (Å²) >= 11 is 0. The third kappa shape index (κ3) is 2.21. The Morgan fingerprint density at radius 1 is 1.13 bits per heavy atom. The van der Waals surface area contributed by atoms with E-state index in [4.69, 9.17) is 0 Å². The van der Waals surface area contributed by atoms with Crippen molar-refractivity contribution in [2.45, 2.75) is 64.6 Å². The van der Waals surface area contributed by atoms with Crippen LogP contribution in [0.25, 0.3) is 0 Å². The van der Waals surface area contributed by atoms with E-state index in [0.29, 0.717) is 12.1 Å². The Hall–Kier alpha value is -0.0800. The van der Waals surface area contributed by atoms with Gasteiger partial charge in [0.05, 0.1) is 6.10 Å². The SMILES string of the molecule is CC1CC(C)C(C)N([C@H]2CCC[C@@H]2O)C1. The summed E-state index contributed by atoms with van der Waals surface area (Å²) in [5.74, 6) is 1.57. The van der Waals surface area contributed by atoms with Crippen LogP contribution in [-0.2, 0) is 0 Å². The van der Waals surface area contributed by atoms with E-state index in [9.17, 15) is 5.11 Å². The Bertz CT molecular complexity index is 219. The summed E-state index contributed by atoms with van der Waals surface area (Å²) in [6.07, 6.45) is 4.70. The van der Waals surface area contributed by atoms with E-state index >= 15 is 0 Å². The smallest absolute Gasteiger partial charge is 0.0695 e. The van der Waals surface area contributed by atoms with E-state index < -0.39 is 0 Å². The molecular weight excluding hydrogens is 186 g/mol. The van der Waals surface area contributed by atoms with Crippen LogP contribution in [0.4, 0.5) is 0 Å². The maximum atomic E-state index is 9.99. The number of likely N-dealkylation sites (tertiary alicyclic amines) is 1. The van der Waals surface area contributed by atoms with Gasteiger partial charge in [-0.1, -0.05) is 13.8 Å². The summed E-state index contributed by atoms with van der Waals surface area (Å²) in [6.45, 7) is 8.22. The molecule has 0 aromatic heterocycles. The van der Waals surface area contributed by atoms with Gasteiger partial charge in [0.1, 0.15) is 0 Å². The molecule has 2 aliphatic rings. The van der Waals surface area contributed by atoms with Crippen molar-refractivity contribution in [3.63, 3.8) is 0 Å². The maximum Gasteiger partial charge on any atom is 0.0695 e. The lowest BCUT2D eigenvalue weighted by Gasteiger charge is -2.45. The Labute approximate surface area is 93.7 Å². The van der Waals surface area contributed by atoms with Gasteiger partial charge in [-0.3, -0.25) is 4.90 Å². The number of rotatable bonds is 1. The fraction of sp³-hybridized carbons (Fsp3) is 1.00. The van der Waals surface area contributed by atoms with E-state index in [0.717, 1.165) is 18.3 Å². The van der Waals surface area contributed by atoms with Gasteiger partial charge in [-0.2, -0.15) is 0 Å². The van der Waals surface area contributed by atoms with Crippen LogP contribution in [0.1, 0.15) is 46.5 Å². The van der Waals surface area contributed by atoms with Gasteiger partial charge in [0.15, 0.2) is 0 Å². The van der Waals surface area contributed by atoms with Crippen LogP contribution in [0.2, 0.25) is 0 Å². The minimum absolute atomic E-state index is 0.0649. The molecule has 0 spiro atoms. The number of aliphatic hydroxyl groups is 1. The predicted molar refractivity (Wildman–Crippen MR) is 62.8 cm³/mol. The lowest BCUT2D eigenvalue weighted by atomic mass is 9.84. The molecule has 1 aliphatic carbocycles. The first-order valence-electron chi connectivity index (χ1n) is 6.53. The molecule has 1 N–H and O–H groups in total. The van der Waals surface area contributed by atoms with Gasteiger partial charge in [0.25, 0.3) is 0 Å². The third-order valence-electron chi connectivity index (χ3n) is 4.51. The van der Waals surface area contributed by atoms with Crippen molar-refractivity contribution in [1.82, 2.24) is 4.90 Å². The third-order valence-corrected chi connectivity index (χ3v) is 4.51. The fourth-order valence-electron chi connectivity index (χ4n) is 3.50. The maximum absolute atomic E-state index is 9.99. The van der Waals surface area contributed by atoms with E-state index in [2.05, 4.69) is 25.7 Å². The lowest BCUT2D eigenvalue weighted by molar-refractivity contribution is -0.00558. The zero-order chi connectivity index (χ0) is 11.0. The molecular formula is C13H25NO. The first-order chi connectivity index (χ1) is 7.09. The first kappa shape index (κ1) is 11.4. The van der Waals surface area contributed by atoms with Crippen molar-refractivity contribution >= 4 is 0 Å². The van der Waals surface area contributed by atoms with Crippen LogP contribution in [0.3, 0.4) is 0 Å². The Morgan fingerprint density at radius 2 is 1.87 bits per heavy atom. The van der Waals surface area contributed by atoms with Gasteiger partial charge in [-0.25, -0.2) is 0 Å². The van der Waals surface area contributed by atoms with Gasteiger partial charge >= 0.3 is 0 Å². The van der Waals surface area contributed by atoms with Gasteiger partial charge in [0, 0.05) is 18.6 Å². The molecule has 1 saturated heterocycles. The molecule has 1 saturated carbocycles. The van der Waals surface area contributed by atoms with Crippen LogP contribution in [0, 0.1) is 11.8 Å². The molecule has 0 radical (unpaired) electrons. The average Bonchev–Trinajstić information content (AvgIpc) is 2.58. The number of hydrogen-bond acceptors (Lipinski definition) is 2. The molecule has 15 heavy (non-hydrogen) atoms. The van der Waals surface area contributed by atoms with Crippen molar-refractivity contribution in [2.24, 2.45) is 11.8 Å². The largest absolute Gasteiger partial charge is 0.391 e. The van der Waals surface area contributed by atoms with Crippen LogP contribution in [0.5, 0.6) is 0 Å². The summed E-state index contributed by atoms with van der Waals surface area (Å²) in [4.78, 5) is 2.58. The van der Waals surface area contributed by atoms with Crippen molar-refractivity contribution in [1.29, 1.82) is 0 Å². The standard InChI is InChI=1S/C13H25NO/c1-9-7-10(2)11(3)14(8-9)12-5-4-6-13(12)15/h9-13,15H,4-8H2,1-3H3/t9?,10?,11?,12-,13-/m0/s1. The van der Waals surface area contributed by atoms with Gasteiger partial charge in [-0.05, 0) is 44.4 Å². The van der Waals surface area contributed by atoms with Crippen LogP contribution in [-0.4, -0.2) is 34.7 Å². The summed E-state index contributed by atoms with van der Waals surface area (Å²) in [5, 5.41) is 9.99. The molecule has 1 aliphatic heterocycles. The highest BCUT2D eigenvalue weighted by atomic mass is 16.3. The molecule has 0 aromatic carbocycles. The molecule has 0 amide bonds. The molecule has 0 bridgehead atoms. The van der Waals surface area contributed by atoms with Crippen molar-refractivity contribution in [3.05, 3.63) is 0 Å².